The van der Waals surface area contributed by atoms with Gasteiger partial charge in [-0.1, -0.05) is 0 Å². The average Bonchev–Trinajstić information content (AvgIpc) is 3.07. The van der Waals surface area contributed by atoms with Crippen molar-refractivity contribution in [2.75, 3.05) is 11.9 Å². The zero-order chi connectivity index (χ0) is 17.2. The van der Waals surface area contributed by atoms with Gasteiger partial charge in [-0.15, -0.1) is 0 Å². The van der Waals surface area contributed by atoms with Gasteiger partial charge >= 0.3 is 0 Å². The number of aliphatic hydroxyl groups excluding tert-OH is 2. The Bertz CT molecular complexity index is 834. The summed E-state index contributed by atoms with van der Waals surface area (Å²) in [4.78, 5) is 25.3. The van der Waals surface area contributed by atoms with E-state index in [1.54, 1.807) is 17.8 Å². The van der Waals surface area contributed by atoms with E-state index >= 15 is 0 Å². The Balaban J connectivity index is 1.82. The van der Waals surface area contributed by atoms with Gasteiger partial charge < -0.3 is 20.1 Å². The number of hydrogen-bond donors (Lipinski definition) is 3. The van der Waals surface area contributed by atoms with Crippen molar-refractivity contribution in [3.8, 4) is 0 Å². The number of carbonyl (C=O) groups excluding carboxylic acids is 1. The normalized spacial score (nSPS) is 34.4. The van der Waals surface area contributed by atoms with Crippen molar-refractivity contribution >= 4 is 22.8 Å². The fourth-order valence-electron chi connectivity index (χ4n) is 4.31. The smallest absolute Gasteiger partial charge is 0.166 e. The molecule has 0 saturated heterocycles. The third kappa shape index (κ3) is 1.81. The summed E-state index contributed by atoms with van der Waals surface area (Å²) in [5.74, 6) is 1.10. The molecule has 0 amide bonds. The number of aliphatic hydroxyl groups is 2. The summed E-state index contributed by atoms with van der Waals surface area (Å²) in [6.07, 6.45) is 0.158. The number of imidazole rings is 1. The predicted octanol–water partition coefficient (Wildman–Crippen LogP) is 0.438. The van der Waals surface area contributed by atoms with E-state index in [1.165, 1.54) is 6.92 Å². The molecule has 2 aromatic heterocycles. The molecule has 2 saturated carbocycles. The van der Waals surface area contributed by atoms with Crippen LogP contribution in [0, 0.1) is 18.3 Å². The molecule has 0 aromatic carbocycles. The lowest BCUT2D eigenvalue weighted by Gasteiger charge is -2.23. The molecular formula is C16H21N5O3. The first-order valence-corrected chi connectivity index (χ1v) is 8.24. The Morgan fingerprint density at radius 3 is 2.83 bits per heavy atom. The molecule has 8 heteroatoms. The summed E-state index contributed by atoms with van der Waals surface area (Å²) in [5, 5.41) is 24.1. The Kier molecular flexibility index (Phi) is 3.20. The number of fused-ring (bicyclic) bond motifs is 2. The summed E-state index contributed by atoms with van der Waals surface area (Å²) in [5.41, 5.74) is 0.429. The quantitative estimate of drug-likeness (QED) is 0.745. The summed E-state index contributed by atoms with van der Waals surface area (Å²) in [7, 11) is 0. The summed E-state index contributed by atoms with van der Waals surface area (Å²) in [6, 6.07) is -0.405. The SMILES string of the molecule is CCNc1nc(C)nc2c1ncn2[C@@H]1C2C[C@]2(C(C)=O)C(O)[C@H]1O. The molecule has 2 aliphatic rings. The molecule has 2 aromatic rings. The van der Waals surface area contributed by atoms with Crippen molar-refractivity contribution in [3.63, 3.8) is 0 Å². The van der Waals surface area contributed by atoms with E-state index < -0.39 is 23.7 Å². The lowest BCUT2D eigenvalue weighted by Crippen LogP contribution is -2.36. The lowest BCUT2D eigenvalue weighted by molar-refractivity contribution is -0.128. The van der Waals surface area contributed by atoms with Crippen LogP contribution in [0.15, 0.2) is 6.33 Å². The topological polar surface area (TPSA) is 113 Å². The highest BCUT2D eigenvalue weighted by molar-refractivity contribution is 5.88. The van der Waals surface area contributed by atoms with Gasteiger partial charge in [0.15, 0.2) is 11.5 Å². The predicted molar refractivity (Wildman–Crippen MR) is 86.5 cm³/mol. The second-order valence-corrected chi connectivity index (χ2v) is 6.81. The van der Waals surface area contributed by atoms with E-state index in [-0.39, 0.29) is 11.7 Å². The molecule has 2 aliphatic carbocycles. The molecule has 3 N–H and O–H groups in total. The van der Waals surface area contributed by atoms with E-state index in [9.17, 15) is 15.0 Å². The van der Waals surface area contributed by atoms with Gasteiger partial charge in [0, 0.05) is 6.54 Å². The molecule has 0 radical (unpaired) electrons. The van der Waals surface area contributed by atoms with Crippen molar-refractivity contribution < 1.29 is 15.0 Å². The molecular weight excluding hydrogens is 310 g/mol. The van der Waals surface area contributed by atoms with Crippen molar-refractivity contribution in [1.82, 2.24) is 19.5 Å². The number of anilines is 1. The lowest BCUT2D eigenvalue weighted by atomic mass is 9.95. The fraction of sp³-hybridized carbons (Fsp3) is 0.625. The monoisotopic (exact) mass is 331 g/mol. The van der Waals surface area contributed by atoms with Gasteiger partial charge in [-0.3, -0.25) is 4.79 Å². The zero-order valence-corrected chi connectivity index (χ0v) is 13.9. The molecule has 0 aliphatic heterocycles. The third-order valence-corrected chi connectivity index (χ3v) is 5.53. The molecule has 4 rings (SSSR count). The highest BCUT2D eigenvalue weighted by Crippen LogP contribution is 2.68. The van der Waals surface area contributed by atoms with Gasteiger partial charge in [0.05, 0.1) is 23.9 Å². The Morgan fingerprint density at radius 1 is 1.46 bits per heavy atom. The van der Waals surface area contributed by atoms with Crippen molar-refractivity contribution in [1.29, 1.82) is 0 Å². The first-order chi connectivity index (χ1) is 11.4. The van der Waals surface area contributed by atoms with Crippen LogP contribution in [0.25, 0.3) is 11.2 Å². The average molecular weight is 331 g/mol. The van der Waals surface area contributed by atoms with E-state index in [2.05, 4.69) is 20.3 Å². The largest absolute Gasteiger partial charge is 0.389 e. The summed E-state index contributed by atoms with van der Waals surface area (Å²) < 4.78 is 1.79. The maximum atomic E-state index is 12.0. The molecule has 2 unspecified atom stereocenters. The first-order valence-electron chi connectivity index (χ1n) is 8.24. The second kappa shape index (κ2) is 4.97. The molecule has 5 atom stereocenters. The molecule has 0 bridgehead atoms. The van der Waals surface area contributed by atoms with Crippen molar-refractivity contribution in [3.05, 3.63) is 12.2 Å². The van der Waals surface area contributed by atoms with Crippen LogP contribution in [0.3, 0.4) is 0 Å². The zero-order valence-electron chi connectivity index (χ0n) is 13.9. The van der Waals surface area contributed by atoms with Gasteiger partial charge in [0.1, 0.15) is 23.2 Å². The van der Waals surface area contributed by atoms with Crippen molar-refractivity contribution in [2.24, 2.45) is 11.3 Å². The van der Waals surface area contributed by atoms with Crippen LogP contribution in [0.5, 0.6) is 0 Å². The molecule has 24 heavy (non-hydrogen) atoms. The highest BCUT2D eigenvalue weighted by Gasteiger charge is 2.74. The number of hydrogen-bond acceptors (Lipinski definition) is 7. The molecule has 128 valence electrons. The molecule has 0 spiro atoms. The Morgan fingerprint density at radius 2 is 2.21 bits per heavy atom. The number of ketones is 1. The third-order valence-electron chi connectivity index (χ3n) is 5.53. The van der Waals surface area contributed by atoms with E-state index in [4.69, 9.17) is 0 Å². The van der Waals surface area contributed by atoms with E-state index in [1.807, 2.05) is 6.92 Å². The van der Waals surface area contributed by atoms with Crippen LogP contribution < -0.4 is 5.32 Å². The van der Waals surface area contributed by atoms with E-state index in [0.29, 0.717) is 35.8 Å². The fourth-order valence-corrected chi connectivity index (χ4v) is 4.31. The minimum absolute atomic E-state index is 0.0647. The van der Waals surface area contributed by atoms with E-state index in [0.717, 1.165) is 0 Å². The minimum atomic E-state index is -1.04. The molecule has 2 fully saturated rings. The van der Waals surface area contributed by atoms with Crippen LogP contribution in [-0.4, -0.2) is 54.3 Å². The Labute approximate surface area is 138 Å². The van der Waals surface area contributed by atoms with Gasteiger partial charge in [-0.25, -0.2) is 15.0 Å². The highest BCUT2D eigenvalue weighted by atomic mass is 16.3. The van der Waals surface area contributed by atoms with Gasteiger partial charge in [0.25, 0.3) is 0 Å². The standard InChI is InChI=1S/C16H21N5O3/c1-4-17-14-10-15(20-8(3)19-14)21(6-18-10)11-9-5-16(9,7(2)22)13(24)12(11)23/h6,9,11-13,23-24H,4-5H2,1-3H3,(H,17,19,20)/t9?,11-,12+,13?,16-/m1/s1. The number of nitrogens with one attached hydrogen (secondary N) is 1. The first kappa shape index (κ1) is 15.5. The number of Topliss-reactive ketones (excluding diaryl/α,β-unsaturated/α-hetero) is 1. The minimum Gasteiger partial charge on any atom is -0.389 e. The second-order valence-electron chi connectivity index (χ2n) is 6.81. The number of aryl methyl sites for hydroxylation is 1. The van der Waals surface area contributed by atoms with Gasteiger partial charge in [-0.2, -0.15) is 0 Å². The van der Waals surface area contributed by atoms with Crippen LogP contribution in [0.1, 0.15) is 32.1 Å². The summed E-state index contributed by atoms with van der Waals surface area (Å²) in [6.45, 7) is 5.97. The van der Waals surface area contributed by atoms with Crippen molar-refractivity contribution in [2.45, 2.75) is 45.4 Å². The van der Waals surface area contributed by atoms with Crippen LogP contribution in [0.4, 0.5) is 5.82 Å². The number of aromatic nitrogens is 4. The number of carbonyl (C=O) groups is 1. The van der Waals surface area contributed by atoms with Crippen LogP contribution in [-0.2, 0) is 4.79 Å². The molecule has 8 nitrogen and oxygen atoms in total. The Hall–Kier alpha value is -2.06. The van der Waals surface area contributed by atoms with Gasteiger partial charge in [0.2, 0.25) is 0 Å². The molecule has 2 heterocycles. The summed E-state index contributed by atoms with van der Waals surface area (Å²) >= 11 is 0. The van der Waals surface area contributed by atoms with Crippen LogP contribution >= 0.6 is 0 Å². The maximum absolute atomic E-state index is 12.0. The number of nitrogens with zero attached hydrogens (tertiary/aromatic N) is 4. The maximum Gasteiger partial charge on any atom is 0.166 e. The van der Waals surface area contributed by atoms with Crippen LogP contribution in [0.2, 0.25) is 0 Å². The van der Waals surface area contributed by atoms with Gasteiger partial charge in [-0.05, 0) is 33.1 Å². The number of rotatable bonds is 4.